The van der Waals surface area contributed by atoms with Crippen molar-refractivity contribution in [3.05, 3.63) is 240 Å². The van der Waals surface area contributed by atoms with E-state index in [0.717, 1.165) is 0 Å². The average Bonchev–Trinajstić information content (AvgIpc) is 0.748. The van der Waals surface area contributed by atoms with E-state index < -0.39 is 41.9 Å². The number of methoxy groups -OCH3 is 13. The van der Waals surface area contributed by atoms with Crippen molar-refractivity contribution in [3.8, 4) is 92.0 Å². The molecular formula is C81H75FN4O22. The molecule has 3 saturated heterocycles. The summed E-state index contributed by atoms with van der Waals surface area (Å²) in [5, 5.41) is 0. The van der Waals surface area contributed by atoms with Crippen molar-refractivity contribution in [2.24, 2.45) is 0 Å². The van der Waals surface area contributed by atoms with Gasteiger partial charge in [0.2, 0.25) is 17.2 Å². The molecule has 27 heteroatoms. The number of para-hydroxylation sites is 1. The van der Waals surface area contributed by atoms with Gasteiger partial charge in [0.1, 0.15) is 17.1 Å². The Kier molecular flexibility index (Phi) is 24.1. The maximum atomic E-state index is 13.2. The number of pyridine rings is 1. The van der Waals surface area contributed by atoms with Gasteiger partial charge >= 0.3 is 17.9 Å². The van der Waals surface area contributed by atoms with Gasteiger partial charge in [0.25, 0.3) is 17.7 Å². The van der Waals surface area contributed by atoms with Crippen molar-refractivity contribution < 1.29 is 109 Å². The smallest absolute Gasteiger partial charge is 0.347 e. The van der Waals surface area contributed by atoms with Gasteiger partial charge < -0.3 is 75.8 Å². The molecule has 108 heavy (non-hydrogen) atoms. The van der Waals surface area contributed by atoms with Crippen LogP contribution in [0.4, 0.5) is 21.5 Å². The van der Waals surface area contributed by atoms with Crippen LogP contribution in [-0.2, 0) is 14.4 Å². The number of amides is 3. The monoisotopic (exact) mass is 1470 g/mol. The van der Waals surface area contributed by atoms with Crippen LogP contribution in [0, 0.1) is 5.82 Å². The van der Waals surface area contributed by atoms with Gasteiger partial charge in [0.15, 0.2) is 69.0 Å². The number of rotatable bonds is 25. The molecule has 1 aromatic heterocycles. The minimum atomic E-state index is -0.685. The third-order valence-electron chi connectivity index (χ3n) is 17.5. The van der Waals surface area contributed by atoms with Crippen LogP contribution in [0.1, 0.15) is 65.9 Å². The summed E-state index contributed by atoms with van der Waals surface area (Å²) in [6, 6.07) is 38.7. The van der Waals surface area contributed by atoms with Crippen LogP contribution in [0.5, 0.6) is 92.0 Å². The zero-order valence-electron chi connectivity index (χ0n) is 61.1. The second-order valence-electron chi connectivity index (χ2n) is 23.3. The van der Waals surface area contributed by atoms with Crippen LogP contribution in [0.2, 0.25) is 0 Å². The van der Waals surface area contributed by atoms with Crippen LogP contribution in [0.3, 0.4) is 0 Å². The first-order chi connectivity index (χ1) is 52.1. The molecule has 0 unspecified atom stereocenters. The molecule has 3 fully saturated rings. The number of benzene rings is 8. The first kappa shape index (κ1) is 76.9. The first-order valence-corrected chi connectivity index (χ1v) is 32.6. The van der Waals surface area contributed by atoms with E-state index in [4.69, 9.17) is 75.8 Å². The fourth-order valence-electron chi connectivity index (χ4n) is 12.1. The SMILES string of the molecule is C=C1C(=O)N(c2cc(OC)c(OC)c(OC)c2)[C@H]1c1ccc(OC)c(OC(=O)c2ccc(F)cc2)c1.C=C1C(=O)N(c2cc(OC)c(OC)c(OC)c2)[C@H]1c1ccc(OC)c(OC(=O)c2ccccc2OC)c1.C=C1C(=O)N(c2cc(OC)c(OC)c(OC)c2)[C@H]1c1ccc(OC)c(OC(=O)c2cccnc2)c1. The quantitative estimate of drug-likeness (QED) is 0.0222. The molecule has 3 amide bonds. The number of carbonyl (C=O) groups excluding carboxylic acids is 6. The summed E-state index contributed by atoms with van der Waals surface area (Å²) in [6.45, 7) is 11.8. The lowest BCUT2D eigenvalue weighted by molar-refractivity contribution is -0.119. The molecule has 4 heterocycles. The van der Waals surface area contributed by atoms with Crippen LogP contribution in [0.15, 0.2) is 201 Å². The molecule has 0 bridgehead atoms. The van der Waals surface area contributed by atoms with Crippen molar-refractivity contribution in [3.63, 3.8) is 0 Å². The maximum Gasteiger partial charge on any atom is 0.347 e. The Morgan fingerprint density at radius 1 is 0.333 bits per heavy atom. The Morgan fingerprint density at radius 3 is 0.954 bits per heavy atom. The molecule has 558 valence electrons. The van der Waals surface area contributed by atoms with E-state index in [2.05, 4.69) is 24.7 Å². The van der Waals surface area contributed by atoms with Crippen molar-refractivity contribution in [2.45, 2.75) is 18.1 Å². The topological polar surface area (TPSA) is 273 Å². The van der Waals surface area contributed by atoms with Crippen LogP contribution in [-0.4, -0.2) is 133 Å². The average molecular weight is 1480 g/mol. The van der Waals surface area contributed by atoms with Crippen LogP contribution >= 0.6 is 0 Å². The lowest BCUT2D eigenvalue weighted by atomic mass is 9.88. The first-order valence-electron chi connectivity index (χ1n) is 32.6. The molecule has 0 spiro atoms. The third-order valence-corrected chi connectivity index (χ3v) is 17.5. The largest absolute Gasteiger partial charge is 0.496 e. The van der Waals surface area contributed by atoms with Gasteiger partial charge in [-0.25, -0.2) is 18.8 Å². The van der Waals surface area contributed by atoms with Crippen molar-refractivity contribution in [1.29, 1.82) is 0 Å². The molecular weight excluding hydrogens is 1400 g/mol. The second kappa shape index (κ2) is 33.8. The number of hydrogen-bond donors (Lipinski definition) is 0. The van der Waals surface area contributed by atoms with Gasteiger partial charge in [0.05, 0.1) is 139 Å². The molecule has 0 N–H and O–H groups in total. The summed E-state index contributed by atoms with van der Waals surface area (Å²) in [4.78, 5) is 85.5. The molecule has 0 aliphatic carbocycles. The summed E-state index contributed by atoms with van der Waals surface area (Å²) in [5.74, 6) is 2.41. The normalized spacial score (nSPS) is 14.6. The van der Waals surface area contributed by atoms with E-state index in [0.29, 0.717) is 131 Å². The van der Waals surface area contributed by atoms with Crippen molar-refractivity contribution in [2.75, 3.05) is 107 Å². The van der Waals surface area contributed by atoms with Gasteiger partial charge in [-0.2, -0.15) is 0 Å². The molecule has 3 atom stereocenters. The Balaban J connectivity index is 0.000000173. The summed E-state index contributed by atoms with van der Waals surface area (Å²) < 4.78 is 100. The number of hydrogen-bond acceptors (Lipinski definition) is 23. The highest BCUT2D eigenvalue weighted by molar-refractivity contribution is 6.17. The minimum Gasteiger partial charge on any atom is -0.496 e. The molecule has 3 aliphatic heterocycles. The van der Waals surface area contributed by atoms with E-state index in [1.807, 2.05) is 0 Å². The summed E-state index contributed by atoms with van der Waals surface area (Å²) in [7, 11) is 19.4. The third kappa shape index (κ3) is 15.3. The molecule has 0 saturated carbocycles. The summed E-state index contributed by atoms with van der Waals surface area (Å²) in [5.41, 5.74) is 5.39. The highest BCUT2D eigenvalue weighted by atomic mass is 19.1. The molecule has 8 aromatic carbocycles. The number of esters is 3. The number of nitrogens with zero attached hydrogens (tertiary/aromatic N) is 4. The summed E-state index contributed by atoms with van der Waals surface area (Å²) >= 11 is 0. The van der Waals surface area contributed by atoms with Gasteiger partial charge in [-0.05, 0) is 102 Å². The minimum absolute atomic E-state index is 0.140. The van der Waals surface area contributed by atoms with Gasteiger partial charge in [-0.1, -0.05) is 50.1 Å². The van der Waals surface area contributed by atoms with E-state index >= 15 is 0 Å². The van der Waals surface area contributed by atoms with Gasteiger partial charge in [0, 0.05) is 65.5 Å². The lowest BCUT2D eigenvalue weighted by Crippen LogP contribution is -2.48. The number of anilines is 3. The number of carbonyl (C=O) groups is 6. The van der Waals surface area contributed by atoms with Crippen LogP contribution < -0.4 is 90.5 Å². The molecule has 9 aromatic rings. The van der Waals surface area contributed by atoms with E-state index in [1.165, 1.54) is 128 Å². The van der Waals surface area contributed by atoms with Crippen molar-refractivity contribution >= 4 is 52.7 Å². The molecule has 3 aliphatic rings. The molecule has 26 nitrogen and oxygen atoms in total. The predicted molar refractivity (Wildman–Crippen MR) is 394 cm³/mol. The lowest BCUT2D eigenvalue weighted by Gasteiger charge is -2.42. The van der Waals surface area contributed by atoms with E-state index in [1.54, 1.807) is 143 Å². The highest BCUT2D eigenvalue weighted by Gasteiger charge is 2.47. The molecule has 0 radical (unpaired) electrons. The fraction of sp³-hybridized carbons (Fsp3) is 0.198. The van der Waals surface area contributed by atoms with Gasteiger partial charge in [-0.15, -0.1) is 0 Å². The Morgan fingerprint density at radius 2 is 0.648 bits per heavy atom. The van der Waals surface area contributed by atoms with Crippen molar-refractivity contribution in [1.82, 2.24) is 4.98 Å². The zero-order valence-corrected chi connectivity index (χ0v) is 61.1. The standard InChI is InChI=1S/C28H27NO8.C27H24FNO7.C26H24N2O7/c1-16-25(29(27(16)30)18-14-23(34-4)26(36-6)24(15-18)35-5)17-11-12-21(33-3)22(13-17)37-28(31)19-9-7-8-10-20(19)32-2;1-15-24(29(26(15)30)19-13-22(33-3)25(35-5)23(14-19)34-4)17-8-11-20(32-2)21(12-17)36-27(31)16-6-9-18(28)10-7-16;1-15-23(28(25(15)29)18-12-21(32-3)24(34-5)22(13-18)33-4)16-8-9-19(31-2)20(11-16)35-26(30)17-7-6-10-27-14-17/h7-15,25H,1H2,2-6H3;6-14,24H,1H2,2-5H3;6-14,23H,1H2,2-5H3/t25-;24-;23-/m111/s1. The number of aromatic nitrogens is 1. The Bertz CT molecular complexity index is 4900. The number of β-lactam (4-membered cyclic amide) rings is 3. The Labute approximate surface area is 620 Å². The molecule has 12 rings (SSSR count). The highest BCUT2D eigenvalue weighted by Crippen LogP contribution is 2.53. The van der Waals surface area contributed by atoms with Crippen LogP contribution in [0.25, 0.3) is 0 Å². The predicted octanol–water partition coefficient (Wildman–Crippen LogP) is 13.3. The maximum absolute atomic E-state index is 13.2. The summed E-state index contributed by atoms with van der Waals surface area (Å²) in [6.07, 6.45) is 2.98. The number of halogens is 1. The van der Waals surface area contributed by atoms with E-state index in [-0.39, 0.29) is 46.1 Å². The van der Waals surface area contributed by atoms with E-state index in [9.17, 15) is 33.2 Å². The fourth-order valence-corrected chi connectivity index (χ4v) is 12.1. The van der Waals surface area contributed by atoms with Gasteiger partial charge in [-0.3, -0.25) is 34.1 Å². The number of ether oxygens (including phenoxy) is 16. The zero-order chi connectivity index (χ0) is 77.8. The Hall–Kier alpha value is -13.7. The second-order valence-corrected chi connectivity index (χ2v) is 23.3.